The average Bonchev–Trinajstić information content (AvgIpc) is 2.59. The monoisotopic (exact) mass is 267 g/mol. The Bertz CT molecular complexity index is 462. The van der Waals surface area contributed by atoms with Gasteiger partial charge >= 0.3 is 0 Å². The molecule has 0 fully saturated rings. The minimum Gasteiger partial charge on any atom is -0.373 e. The maximum atomic E-state index is 5.55. The van der Waals surface area contributed by atoms with Crippen molar-refractivity contribution in [2.75, 3.05) is 0 Å². The Morgan fingerprint density at radius 2 is 2.20 bits per heavy atom. The lowest BCUT2D eigenvalue weighted by Crippen LogP contribution is -2.02. The van der Waals surface area contributed by atoms with E-state index in [1.54, 1.807) is 0 Å². The molecule has 1 aromatic heterocycles. The van der Waals surface area contributed by atoms with Crippen LogP contribution in [0, 0.1) is 0 Å². The van der Waals surface area contributed by atoms with Crippen molar-refractivity contribution in [3.8, 4) is 0 Å². The zero-order valence-corrected chi connectivity index (χ0v) is 10.5. The molecule has 0 saturated carbocycles. The smallest absolute Gasteiger partial charge is 0.0869 e. The molecule has 0 radical (unpaired) electrons. The largest absolute Gasteiger partial charge is 0.373 e. The zero-order chi connectivity index (χ0) is 10.8. The van der Waals surface area contributed by atoms with Crippen molar-refractivity contribution in [1.29, 1.82) is 0 Å². The van der Waals surface area contributed by atoms with Gasteiger partial charge in [0.15, 0.2) is 0 Å². The van der Waals surface area contributed by atoms with Gasteiger partial charge in [-0.3, -0.25) is 0 Å². The Balaban J connectivity index is 2.27. The van der Waals surface area contributed by atoms with Gasteiger partial charge in [0.1, 0.15) is 0 Å². The third-order valence-electron chi connectivity index (χ3n) is 2.24. The Kier molecular flexibility index (Phi) is 3.12. The van der Waals surface area contributed by atoms with Gasteiger partial charge in [0, 0.05) is 21.1 Å². The number of hydrogen-bond acceptors (Lipinski definition) is 1. The Labute approximate surface area is 97.8 Å². The van der Waals surface area contributed by atoms with Crippen molar-refractivity contribution in [1.82, 2.24) is 4.98 Å². The van der Waals surface area contributed by atoms with Gasteiger partial charge in [-0.15, -0.1) is 0 Å². The molecule has 80 valence electrons. The van der Waals surface area contributed by atoms with E-state index in [1.165, 1.54) is 5.39 Å². The van der Waals surface area contributed by atoms with Gasteiger partial charge in [-0.2, -0.15) is 0 Å². The molecule has 0 amide bonds. The van der Waals surface area contributed by atoms with Crippen molar-refractivity contribution in [2.24, 2.45) is 0 Å². The Morgan fingerprint density at radius 1 is 1.40 bits per heavy atom. The van der Waals surface area contributed by atoms with Crippen LogP contribution in [-0.2, 0) is 11.3 Å². The molecular weight excluding hydrogens is 254 g/mol. The molecule has 0 saturated heterocycles. The maximum Gasteiger partial charge on any atom is 0.0869 e. The molecule has 1 heterocycles. The average molecular weight is 268 g/mol. The van der Waals surface area contributed by atoms with Crippen LogP contribution in [0.1, 0.15) is 19.5 Å². The summed E-state index contributed by atoms with van der Waals surface area (Å²) in [7, 11) is 0. The number of H-pyrrole nitrogens is 1. The number of fused-ring (bicyclic) bond motifs is 1. The molecule has 1 aromatic carbocycles. The van der Waals surface area contributed by atoms with Crippen molar-refractivity contribution >= 4 is 26.8 Å². The van der Waals surface area contributed by atoms with Gasteiger partial charge in [0.25, 0.3) is 0 Å². The number of ether oxygens (including phenoxy) is 1. The van der Waals surface area contributed by atoms with Crippen LogP contribution in [-0.4, -0.2) is 11.1 Å². The second-order valence-electron chi connectivity index (χ2n) is 3.86. The lowest BCUT2D eigenvalue weighted by molar-refractivity contribution is 0.0639. The summed E-state index contributed by atoms with van der Waals surface area (Å²) in [5.41, 5.74) is 2.26. The molecule has 0 unspecified atom stereocenters. The molecule has 0 aliphatic heterocycles. The first kappa shape index (κ1) is 10.7. The molecule has 0 aliphatic carbocycles. The quantitative estimate of drug-likeness (QED) is 0.898. The van der Waals surface area contributed by atoms with E-state index in [1.807, 2.05) is 26.0 Å². The first-order chi connectivity index (χ1) is 7.16. The summed E-state index contributed by atoms with van der Waals surface area (Å²) >= 11 is 3.53. The molecule has 2 rings (SSSR count). The predicted octanol–water partition coefficient (Wildman–Crippen LogP) is 3.86. The van der Waals surface area contributed by atoms with E-state index in [-0.39, 0.29) is 6.10 Å². The number of aromatic nitrogens is 1. The van der Waals surface area contributed by atoms with Crippen LogP contribution < -0.4 is 0 Å². The van der Waals surface area contributed by atoms with Gasteiger partial charge in [0.2, 0.25) is 0 Å². The summed E-state index contributed by atoms with van der Waals surface area (Å²) in [5.74, 6) is 0. The highest BCUT2D eigenvalue weighted by Crippen LogP contribution is 2.24. The fraction of sp³-hybridized carbons (Fsp3) is 0.333. The number of benzene rings is 1. The molecule has 0 bridgehead atoms. The van der Waals surface area contributed by atoms with Gasteiger partial charge in [-0.1, -0.05) is 22.0 Å². The number of aromatic amines is 1. The molecule has 2 nitrogen and oxygen atoms in total. The standard InChI is InChI=1S/C12H14BrNO/c1-8(2)15-7-9-6-10-11(13)4-3-5-12(10)14-9/h3-6,8,14H,7H2,1-2H3. The molecule has 0 spiro atoms. The van der Waals surface area contributed by atoms with Gasteiger partial charge in [-0.05, 0) is 32.0 Å². The van der Waals surface area contributed by atoms with Gasteiger partial charge in [-0.25, -0.2) is 0 Å². The van der Waals surface area contributed by atoms with E-state index in [4.69, 9.17) is 4.74 Å². The lowest BCUT2D eigenvalue weighted by Gasteiger charge is -2.04. The van der Waals surface area contributed by atoms with Crippen molar-refractivity contribution in [3.63, 3.8) is 0 Å². The molecule has 0 aliphatic rings. The van der Waals surface area contributed by atoms with E-state index in [0.29, 0.717) is 6.61 Å². The third-order valence-corrected chi connectivity index (χ3v) is 2.93. The molecule has 3 heteroatoms. The molecule has 0 atom stereocenters. The van der Waals surface area contributed by atoms with Crippen molar-refractivity contribution in [2.45, 2.75) is 26.6 Å². The van der Waals surface area contributed by atoms with E-state index < -0.39 is 0 Å². The van der Waals surface area contributed by atoms with E-state index in [9.17, 15) is 0 Å². The fourth-order valence-corrected chi connectivity index (χ4v) is 1.99. The van der Waals surface area contributed by atoms with Crippen LogP contribution in [0.5, 0.6) is 0 Å². The van der Waals surface area contributed by atoms with Crippen molar-refractivity contribution in [3.05, 3.63) is 34.4 Å². The van der Waals surface area contributed by atoms with Crippen LogP contribution in [0.25, 0.3) is 10.9 Å². The Morgan fingerprint density at radius 3 is 2.87 bits per heavy atom. The minimum atomic E-state index is 0.264. The highest BCUT2D eigenvalue weighted by atomic mass is 79.9. The summed E-state index contributed by atoms with van der Waals surface area (Å²) < 4.78 is 6.67. The number of nitrogens with one attached hydrogen (secondary N) is 1. The first-order valence-corrected chi connectivity index (χ1v) is 5.84. The van der Waals surface area contributed by atoms with Crippen LogP contribution in [0.2, 0.25) is 0 Å². The van der Waals surface area contributed by atoms with Crippen LogP contribution in [0.15, 0.2) is 28.7 Å². The first-order valence-electron chi connectivity index (χ1n) is 5.04. The molecular formula is C12H14BrNO. The van der Waals surface area contributed by atoms with Gasteiger partial charge < -0.3 is 9.72 Å². The minimum absolute atomic E-state index is 0.264. The van der Waals surface area contributed by atoms with Crippen molar-refractivity contribution < 1.29 is 4.74 Å². The molecule has 1 N–H and O–H groups in total. The van der Waals surface area contributed by atoms with Crippen LogP contribution in [0.3, 0.4) is 0 Å². The molecule has 2 aromatic rings. The summed E-state index contributed by atoms with van der Waals surface area (Å²) in [4.78, 5) is 3.34. The third kappa shape index (κ3) is 2.41. The second-order valence-corrected chi connectivity index (χ2v) is 4.71. The van der Waals surface area contributed by atoms with Gasteiger partial charge in [0.05, 0.1) is 12.7 Å². The predicted molar refractivity (Wildman–Crippen MR) is 65.9 cm³/mol. The van der Waals surface area contributed by atoms with E-state index in [2.05, 4.69) is 33.0 Å². The summed E-state index contributed by atoms with van der Waals surface area (Å²) in [5, 5.41) is 1.21. The summed E-state index contributed by atoms with van der Waals surface area (Å²) in [6.45, 7) is 4.72. The van der Waals surface area contributed by atoms with E-state index >= 15 is 0 Å². The number of rotatable bonds is 3. The highest BCUT2D eigenvalue weighted by molar-refractivity contribution is 9.10. The summed E-state index contributed by atoms with van der Waals surface area (Å²) in [6, 6.07) is 8.26. The molecule has 15 heavy (non-hydrogen) atoms. The SMILES string of the molecule is CC(C)OCc1cc2c(Br)cccc2[nH]1. The zero-order valence-electron chi connectivity index (χ0n) is 8.88. The Hall–Kier alpha value is -0.800. The second kappa shape index (κ2) is 4.37. The fourth-order valence-electron chi connectivity index (χ4n) is 1.51. The number of hydrogen-bond donors (Lipinski definition) is 1. The van der Waals surface area contributed by atoms with Crippen LogP contribution in [0.4, 0.5) is 0 Å². The number of halogens is 1. The summed E-state index contributed by atoms with van der Waals surface area (Å²) in [6.07, 6.45) is 0.264. The normalized spacial score (nSPS) is 11.5. The highest BCUT2D eigenvalue weighted by Gasteiger charge is 2.04. The lowest BCUT2D eigenvalue weighted by atomic mass is 10.2. The topological polar surface area (TPSA) is 25.0 Å². The van der Waals surface area contributed by atoms with Crippen LogP contribution >= 0.6 is 15.9 Å². The maximum absolute atomic E-state index is 5.55. The van der Waals surface area contributed by atoms with E-state index in [0.717, 1.165) is 15.7 Å².